The van der Waals surface area contributed by atoms with E-state index in [2.05, 4.69) is 5.32 Å². The highest BCUT2D eigenvalue weighted by molar-refractivity contribution is 6.34. The van der Waals surface area contributed by atoms with Crippen molar-refractivity contribution in [3.63, 3.8) is 0 Å². The van der Waals surface area contributed by atoms with E-state index in [9.17, 15) is 9.90 Å². The minimum atomic E-state index is -0.885. The summed E-state index contributed by atoms with van der Waals surface area (Å²) in [6.07, 6.45) is 1.62. The maximum absolute atomic E-state index is 16.1. The van der Waals surface area contributed by atoms with E-state index in [1.165, 1.54) is 12.1 Å². The first kappa shape index (κ1) is 24.2. The summed E-state index contributed by atoms with van der Waals surface area (Å²) in [6.45, 7) is 0.489. The number of hydrogen-bond acceptors (Lipinski definition) is 5. The zero-order valence-electron chi connectivity index (χ0n) is 19.8. The number of carbonyl (C=O) groups excluding carboxylic acids is 1. The summed E-state index contributed by atoms with van der Waals surface area (Å²) >= 11 is 6.52. The SMILES string of the molecule is NC(=O)c1cc2c(c(F)c1-c1c(Cl)c(F)cc3c1C[C@](c1ccccc1)([C@@H]1CCCN1)O3)OC(CO)C2. The third-order valence-corrected chi connectivity index (χ3v) is 8.02. The molecular weight excluding hydrogens is 502 g/mol. The van der Waals surface area contributed by atoms with Crippen LogP contribution in [0.4, 0.5) is 8.78 Å². The quantitative estimate of drug-likeness (QED) is 0.462. The van der Waals surface area contributed by atoms with Gasteiger partial charge >= 0.3 is 0 Å². The molecule has 37 heavy (non-hydrogen) atoms. The Kier molecular flexibility index (Phi) is 5.86. The molecular formula is C28H25ClF2N2O4. The van der Waals surface area contributed by atoms with E-state index in [0.29, 0.717) is 11.1 Å². The molecule has 1 unspecified atom stereocenters. The molecule has 192 valence electrons. The molecule has 0 saturated carbocycles. The first-order valence-electron chi connectivity index (χ1n) is 12.3. The normalized spacial score (nSPS) is 23.9. The Hall–Kier alpha value is -3.20. The van der Waals surface area contributed by atoms with Crippen LogP contribution in [0.5, 0.6) is 11.5 Å². The summed E-state index contributed by atoms with van der Waals surface area (Å²) in [5.41, 5.74) is 6.26. The predicted octanol–water partition coefficient (Wildman–Crippen LogP) is 4.26. The standard InChI is InChI=1S/C28H25ClF2N2O4/c29-24-19(30)11-20-18(12-28(37-20,21-7-4-8-33-21)15-5-2-1-3-6-15)22(24)23-17(27(32)35)10-14-9-16(13-34)36-26(14)25(23)31/h1-3,5-6,10-11,16,21,33-34H,4,7-9,12-13H2,(H2,32,35)/t16?,21-,28-/m0/s1. The van der Waals surface area contributed by atoms with Crippen molar-refractivity contribution in [1.82, 2.24) is 5.32 Å². The Morgan fingerprint density at radius 1 is 1.22 bits per heavy atom. The fourth-order valence-electron chi connectivity index (χ4n) is 5.98. The molecule has 0 aliphatic carbocycles. The van der Waals surface area contributed by atoms with Crippen LogP contribution in [0.1, 0.15) is 39.9 Å². The molecule has 1 fully saturated rings. The fraction of sp³-hybridized carbons (Fsp3) is 0.321. The first-order valence-corrected chi connectivity index (χ1v) is 12.6. The van der Waals surface area contributed by atoms with Gasteiger partial charge in [-0.3, -0.25) is 4.79 Å². The summed E-state index contributed by atoms with van der Waals surface area (Å²) in [5, 5.41) is 12.7. The molecule has 3 atom stereocenters. The number of ether oxygens (including phenoxy) is 2. The van der Waals surface area contributed by atoms with E-state index < -0.39 is 29.2 Å². The molecule has 3 aromatic carbocycles. The highest BCUT2D eigenvalue weighted by Gasteiger charge is 2.50. The molecule has 1 saturated heterocycles. The number of benzene rings is 3. The summed E-state index contributed by atoms with van der Waals surface area (Å²) < 4.78 is 43.6. The number of nitrogens with one attached hydrogen (secondary N) is 1. The summed E-state index contributed by atoms with van der Waals surface area (Å²) in [4.78, 5) is 12.5. The van der Waals surface area contributed by atoms with Crippen LogP contribution in [0.3, 0.4) is 0 Å². The van der Waals surface area contributed by atoms with E-state index in [-0.39, 0.29) is 58.7 Å². The number of fused-ring (bicyclic) bond motifs is 2. The molecule has 0 spiro atoms. The molecule has 6 rings (SSSR count). The molecule has 0 radical (unpaired) electrons. The van der Waals surface area contributed by atoms with Gasteiger partial charge in [0.25, 0.3) is 0 Å². The van der Waals surface area contributed by atoms with Gasteiger partial charge in [0, 0.05) is 41.2 Å². The van der Waals surface area contributed by atoms with Crippen molar-refractivity contribution >= 4 is 17.5 Å². The van der Waals surface area contributed by atoms with Crippen LogP contribution in [-0.4, -0.2) is 36.3 Å². The van der Waals surface area contributed by atoms with Crippen molar-refractivity contribution in [3.05, 3.63) is 81.4 Å². The Morgan fingerprint density at radius 3 is 2.68 bits per heavy atom. The Bertz CT molecular complexity index is 1410. The van der Waals surface area contributed by atoms with Crippen LogP contribution in [-0.2, 0) is 18.4 Å². The van der Waals surface area contributed by atoms with E-state index in [1.807, 2.05) is 30.3 Å². The van der Waals surface area contributed by atoms with Gasteiger partial charge in [-0.1, -0.05) is 41.9 Å². The van der Waals surface area contributed by atoms with Crippen LogP contribution in [0.2, 0.25) is 5.02 Å². The molecule has 3 aliphatic heterocycles. The number of rotatable bonds is 5. The zero-order chi connectivity index (χ0) is 25.9. The number of nitrogens with two attached hydrogens (primary N) is 1. The Labute approximate surface area is 217 Å². The second kappa shape index (κ2) is 8.97. The van der Waals surface area contributed by atoms with Crippen LogP contribution in [0.15, 0.2) is 42.5 Å². The average molecular weight is 527 g/mol. The van der Waals surface area contributed by atoms with Gasteiger partial charge in [-0.05, 0) is 31.0 Å². The fourth-order valence-corrected chi connectivity index (χ4v) is 6.24. The molecule has 4 N–H and O–H groups in total. The van der Waals surface area contributed by atoms with Crippen LogP contribution in [0.25, 0.3) is 11.1 Å². The van der Waals surface area contributed by atoms with Crippen molar-refractivity contribution in [3.8, 4) is 22.6 Å². The lowest BCUT2D eigenvalue weighted by molar-refractivity contribution is 0.0539. The third-order valence-electron chi connectivity index (χ3n) is 7.65. The van der Waals surface area contributed by atoms with Crippen molar-refractivity contribution in [1.29, 1.82) is 0 Å². The van der Waals surface area contributed by atoms with Gasteiger partial charge in [-0.2, -0.15) is 0 Å². The van der Waals surface area contributed by atoms with E-state index in [4.69, 9.17) is 26.8 Å². The number of aliphatic hydroxyl groups is 1. The lowest BCUT2D eigenvalue weighted by Gasteiger charge is -2.35. The van der Waals surface area contributed by atoms with Gasteiger partial charge < -0.3 is 25.6 Å². The highest BCUT2D eigenvalue weighted by Crippen LogP contribution is 2.53. The second-order valence-corrected chi connectivity index (χ2v) is 10.2. The number of aliphatic hydroxyl groups excluding tert-OH is 1. The lowest BCUT2D eigenvalue weighted by atomic mass is 9.80. The molecule has 3 aliphatic rings. The minimum absolute atomic E-state index is 0.0256. The molecule has 0 bridgehead atoms. The lowest BCUT2D eigenvalue weighted by Crippen LogP contribution is -2.48. The molecule has 3 heterocycles. The van der Waals surface area contributed by atoms with Crippen LogP contribution < -0.4 is 20.5 Å². The van der Waals surface area contributed by atoms with Gasteiger partial charge in [-0.15, -0.1) is 0 Å². The van der Waals surface area contributed by atoms with Crippen LogP contribution in [0, 0.1) is 11.6 Å². The van der Waals surface area contributed by atoms with E-state index >= 15 is 8.78 Å². The molecule has 0 aromatic heterocycles. The van der Waals surface area contributed by atoms with Crippen molar-refractivity contribution in [2.75, 3.05) is 13.2 Å². The molecule has 1 amide bonds. The summed E-state index contributed by atoms with van der Waals surface area (Å²) in [7, 11) is 0. The average Bonchev–Trinajstić information content (AvgIpc) is 3.65. The summed E-state index contributed by atoms with van der Waals surface area (Å²) in [6, 6.07) is 12.2. The molecule has 3 aromatic rings. The molecule has 6 nitrogen and oxygen atoms in total. The summed E-state index contributed by atoms with van der Waals surface area (Å²) in [5.74, 6) is -2.42. The van der Waals surface area contributed by atoms with Gasteiger partial charge in [0.2, 0.25) is 5.91 Å². The van der Waals surface area contributed by atoms with E-state index in [0.717, 1.165) is 24.9 Å². The number of amides is 1. The minimum Gasteiger partial charge on any atom is -0.484 e. The van der Waals surface area contributed by atoms with E-state index in [1.54, 1.807) is 0 Å². The van der Waals surface area contributed by atoms with Crippen molar-refractivity contribution in [2.45, 2.75) is 43.4 Å². The third kappa shape index (κ3) is 3.69. The maximum atomic E-state index is 16.1. The monoisotopic (exact) mass is 526 g/mol. The van der Waals surface area contributed by atoms with Gasteiger partial charge in [0.05, 0.1) is 23.2 Å². The smallest absolute Gasteiger partial charge is 0.249 e. The maximum Gasteiger partial charge on any atom is 0.249 e. The topological polar surface area (TPSA) is 93.8 Å². The van der Waals surface area contributed by atoms with Gasteiger partial charge in [0.15, 0.2) is 17.2 Å². The number of primary amides is 1. The highest BCUT2D eigenvalue weighted by atomic mass is 35.5. The molecule has 9 heteroatoms. The zero-order valence-corrected chi connectivity index (χ0v) is 20.6. The van der Waals surface area contributed by atoms with Gasteiger partial charge in [-0.25, -0.2) is 8.78 Å². The van der Waals surface area contributed by atoms with Crippen molar-refractivity contribution < 1.29 is 28.2 Å². The Morgan fingerprint density at radius 2 is 2.00 bits per heavy atom. The second-order valence-electron chi connectivity index (χ2n) is 9.80. The van der Waals surface area contributed by atoms with Crippen molar-refractivity contribution in [2.24, 2.45) is 5.73 Å². The first-order chi connectivity index (χ1) is 17.8. The number of hydrogen-bond donors (Lipinski definition) is 3. The number of carbonyl (C=O) groups is 1. The predicted molar refractivity (Wildman–Crippen MR) is 134 cm³/mol. The van der Waals surface area contributed by atoms with Crippen LogP contribution >= 0.6 is 11.6 Å². The number of halogens is 3. The largest absolute Gasteiger partial charge is 0.484 e. The van der Waals surface area contributed by atoms with Gasteiger partial charge in [0.1, 0.15) is 17.7 Å². The Balaban J connectivity index is 1.58.